The minimum absolute atomic E-state index is 0.0141. The number of halogens is 1. The SMILES string of the molecule is Cc1ccc(OCC2c3ccsc3CCN2C(=O)CN(C(=O)c2ccccc2F)C2CC2)cc1. The molecule has 1 saturated carbocycles. The Morgan fingerprint density at radius 2 is 1.88 bits per heavy atom. The second-order valence-corrected chi connectivity index (χ2v) is 9.92. The van der Waals surface area contributed by atoms with E-state index in [-0.39, 0.29) is 30.1 Å². The van der Waals surface area contributed by atoms with E-state index in [0.717, 1.165) is 36.1 Å². The molecule has 3 aromatic rings. The molecule has 0 bridgehead atoms. The van der Waals surface area contributed by atoms with Gasteiger partial charge < -0.3 is 14.5 Å². The topological polar surface area (TPSA) is 49.9 Å². The van der Waals surface area contributed by atoms with E-state index in [1.165, 1.54) is 17.0 Å². The molecule has 1 aromatic heterocycles. The molecule has 1 aliphatic carbocycles. The van der Waals surface area contributed by atoms with Crippen LogP contribution in [-0.2, 0) is 11.2 Å². The first kappa shape index (κ1) is 22.6. The second kappa shape index (κ2) is 9.58. The number of aryl methyl sites for hydroxylation is 1. The van der Waals surface area contributed by atoms with Gasteiger partial charge in [0.1, 0.15) is 24.7 Å². The highest BCUT2D eigenvalue weighted by molar-refractivity contribution is 7.10. The molecule has 2 aliphatic rings. The molecule has 34 heavy (non-hydrogen) atoms. The van der Waals surface area contributed by atoms with Gasteiger partial charge in [0.2, 0.25) is 5.91 Å². The lowest BCUT2D eigenvalue weighted by molar-refractivity contribution is -0.135. The minimum Gasteiger partial charge on any atom is -0.491 e. The lowest BCUT2D eigenvalue weighted by Crippen LogP contribution is -2.48. The van der Waals surface area contributed by atoms with Crippen LogP contribution in [-0.4, -0.2) is 47.4 Å². The highest BCUT2D eigenvalue weighted by Gasteiger charge is 2.38. The van der Waals surface area contributed by atoms with Crippen LogP contribution in [0.2, 0.25) is 0 Å². The molecule has 0 saturated heterocycles. The lowest BCUT2D eigenvalue weighted by atomic mass is 10.00. The molecule has 176 valence electrons. The zero-order valence-electron chi connectivity index (χ0n) is 19.1. The lowest BCUT2D eigenvalue weighted by Gasteiger charge is -2.37. The molecule has 0 radical (unpaired) electrons. The Morgan fingerprint density at radius 3 is 2.62 bits per heavy atom. The summed E-state index contributed by atoms with van der Waals surface area (Å²) in [4.78, 5) is 31.3. The second-order valence-electron chi connectivity index (χ2n) is 8.92. The van der Waals surface area contributed by atoms with E-state index in [9.17, 15) is 14.0 Å². The van der Waals surface area contributed by atoms with E-state index in [2.05, 4.69) is 11.4 Å². The number of fused-ring (bicyclic) bond motifs is 1. The molecular formula is C27H27FN2O3S. The third-order valence-corrected chi connectivity index (χ3v) is 7.50. The average Bonchev–Trinajstić information content (AvgIpc) is 3.57. The normalized spacial score (nSPS) is 17.2. The molecule has 0 N–H and O–H groups in total. The first-order chi connectivity index (χ1) is 16.5. The summed E-state index contributed by atoms with van der Waals surface area (Å²) < 4.78 is 20.4. The van der Waals surface area contributed by atoms with E-state index in [0.29, 0.717) is 13.2 Å². The van der Waals surface area contributed by atoms with Gasteiger partial charge in [0, 0.05) is 17.5 Å². The van der Waals surface area contributed by atoms with E-state index in [4.69, 9.17) is 4.74 Å². The van der Waals surface area contributed by atoms with Crippen molar-refractivity contribution in [3.63, 3.8) is 0 Å². The van der Waals surface area contributed by atoms with E-state index in [1.54, 1.807) is 28.4 Å². The number of carbonyl (C=O) groups excluding carboxylic acids is 2. The molecule has 2 heterocycles. The largest absolute Gasteiger partial charge is 0.491 e. The maximum absolute atomic E-state index is 14.3. The molecule has 5 nitrogen and oxygen atoms in total. The van der Waals surface area contributed by atoms with Gasteiger partial charge in [-0.3, -0.25) is 9.59 Å². The number of hydrogen-bond acceptors (Lipinski definition) is 4. The van der Waals surface area contributed by atoms with Crippen LogP contribution in [0, 0.1) is 12.7 Å². The Balaban J connectivity index is 1.34. The van der Waals surface area contributed by atoms with Crippen molar-refractivity contribution < 1.29 is 18.7 Å². The Labute approximate surface area is 202 Å². The summed E-state index contributed by atoms with van der Waals surface area (Å²) in [5.74, 6) is -0.355. The number of hydrogen-bond donors (Lipinski definition) is 0. The Hall–Kier alpha value is -3.19. The number of nitrogens with zero attached hydrogens (tertiary/aromatic N) is 2. The number of carbonyl (C=O) groups is 2. The first-order valence-corrected chi connectivity index (χ1v) is 12.5. The third-order valence-electron chi connectivity index (χ3n) is 6.50. The van der Waals surface area contributed by atoms with Crippen LogP contribution in [0.5, 0.6) is 5.75 Å². The van der Waals surface area contributed by atoms with Crippen molar-refractivity contribution in [2.75, 3.05) is 19.7 Å². The van der Waals surface area contributed by atoms with Crippen LogP contribution < -0.4 is 4.74 Å². The Bertz CT molecular complexity index is 1190. The Morgan fingerprint density at radius 1 is 1.12 bits per heavy atom. The van der Waals surface area contributed by atoms with Crippen molar-refractivity contribution in [3.05, 3.63) is 87.4 Å². The van der Waals surface area contributed by atoms with Crippen molar-refractivity contribution in [1.29, 1.82) is 0 Å². The molecule has 1 unspecified atom stereocenters. The molecular weight excluding hydrogens is 451 g/mol. The van der Waals surface area contributed by atoms with Crippen molar-refractivity contribution >= 4 is 23.2 Å². The van der Waals surface area contributed by atoms with Gasteiger partial charge >= 0.3 is 0 Å². The van der Waals surface area contributed by atoms with E-state index >= 15 is 0 Å². The summed E-state index contributed by atoms with van der Waals surface area (Å²) in [6.45, 7) is 2.87. The highest BCUT2D eigenvalue weighted by atomic mass is 32.1. The van der Waals surface area contributed by atoms with Crippen LogP contribution in [0.3, 0.4) is 0 Å². The van der Waals surface area contributed by atoms with Gasteiger partial charge in [0.15, 0.2) is 0 Å². The van der Waals surface area contributed by atoms with Gasteiger partial charge in [-0.2, -0.15) is 0 Å². The van der Waals surface area contributed by atoms with Crippen LogP contribution in [0.1, 0.15) is 45.2 Å². The van der Waals surface area contributed by atoms with Gasteiger partial charge in [-0.15, -0.1) is 11.3 Å². The fraction of sp³-hybridized carbons (Fsp3) is 0.333. The molecule has 1 aliphatic heterocycles. The highest BCUT2D eigenvalue weighted by Crippen LogP contribution is 2.35. The summed E-state index contributed by atoms with van der Waals surface area (Å²) in [6.07, 6.45) is 2.45. The quantitative estimate of drug-likeness (QED) is 0.480. The molecule has 7 heteroatoms. The summed E-state index contributed by atoms with van der Waals surface area (Å²) in [5.41, 5.74) is 2.27. The molecule has 0 spiro atoms. The Kier molecular flexibility index (Phi) is 6.37. The van der Waals surface area contributed by atoms with Crippen molar-refractivity contribution in [2.24, 2.45) is 0 Å². The van der Waals surface area contributed by atoms with Crippen LogP contribution in [0.15, 0.2) is 60.0 Å². The fourth-order valence-electron chi connectivity index (χ4n) is 4.46. The van der Waals surface area contributed by atoms with Gasteiger partial charge in [-0.05, 0) is 67.5 Å². The zero-order valence-corrected chi connectivity index (χ0v) is 19.9. The van der Waals surface area contributed by atoms with Crippen LogP contribution >= 0.6 is 11.3 Å². The van der Waals surface area contributed by atoms with E-state index in [1.807, 2.05) is 36.1 Å². The van der Waals surface area contributed by atoms with Crippen LogP contribution in [0.4, 0.5) is 4.39 Å². The average molecular weight is 479 g/mol. The monoisotopic (exact) mass is 478 g/mol. The van der Waals surface area contributed by atoms with E-state index < -0.39 is 11.7 Å². The van der Waals surface area contributed by atoms with Crippen molar-refractivity contribution in [1.82, 2.24) is 9.80 Å². The fourth-order valence-corrected chi connectivity index (χ4v) is 5.39. The van der Waals surface area contributed by atoms with Gasteiger partial charge in [0.25, 0.3) is 5.91 Å². The number of benzene rings is 2. The maximum Gasteiger partial charge on any atom is 0.257 e. The summed E-state index contributed by atoms with van der Waals surface area (Å²) in [7, 11) is 0. The summed E-state index contributed by atoms with van der Waals surface area (Å²) in [6, 6.07) is 15.6. The molecule has 5 rings (SSSR count). The maximum atomic E-state index is 14.3. The molecule has 2 amide bonds. The summed E-state index contributed by atoms with van der Waals surface area (Å²) >= 11 is 1.70. The molecule has 2 aromatic carbocycles. The smallest absolute Gasteiger partial charge is 0.257 e. The number of amides is 2. The van der Waals surface area contributed by atoms with Gasteiger partial charge in [-0.25, -0.2) is 4.39 Å². The van der Waals surface area contributed by atoms with Crippen molar-refractivity contribution in [3.8, 4) is 5.75 Å². The standard InChI is InChI=1S/C27H27FN2O3S/c1-18-6-10-20(11-7-18)33-17-24-22-13-15-34-25(22)12-14-29(24)26(31)16-30(19-8-9-19)27(32)21-4-2-3-5-23(21)28/h2-7,10-11,13,15,19,24H,8-9,12,14,16-17H2,1H3. The third kappa shape index (κ3) is 4.71. The van der Waals surface area contributed by atoms with Gasteiger partial charge in [0.05, 0.1) is 11.6 Å². The first-order valence-electron chi connectivity index (χ1n) is 11.6. The summed E-state index contributed by atoms with van der Waals surface area (Å²) in [5, 5.41) is 2.05. The number of ether oxygens (including phenoxy) is 1. The van der Waals surface area contributed by atoms with Crippen LogP contribution in [0.25, 0.3) is 0 Å². The number of rotatable bonds is 7. The van der Waals surface area contributed by atoms with Gasteiger partial charge in [-0.1, -0.05) is 29.8 Å². The predicted molar refractivity (Wildman–Crippen MR) is 130 cm³/mol. The zero-order chi connectivity index (χ0) is 23.7. The number of thiophene rings is 1. The predicted octanol–water partition coefficient (Wildman–Crippen LogP) is 5.01. The molecule has 1 atom stereocenters. The van der Waals surface area contributed by atoms with Crippen molar-refractivity contribution in [2.45, 2.75) is 38.3 Å². The minimum atomic E-state index is -0.559. The molecule has 1 fully saturated rings.